The van der Waals surface area contributed by atoms with Crippen molar-refractivity contribution in [3.05, 3.63) is 68.1 Å². The molecule has 13 heteroatoms. The number of carbonyl (C=O) groups is 3. The number of carbonyl (C=O) groups excluding carboxylic acids is 3. The average molecular weight is 617 g/mol. The fourth-order valence-corrected chi connectivity index (χ4v) is 6.98. The Labute approximate surface area is 251 Å². The maximum Gasteiger partial charge on any atom is 0.255 e. The molecule has 5 rings (SSSR count). The van der Waals surface area contributed by atoms with E-state index in [0.29, 0.717) is 27.4 Å². The van der Waals surface area contributed by atoms with Crippen molar-refractivity contribution in [3.8, 4) is 16.9 Å². The number of primary amides is 1. The first-order chi connectivity index (χ1) is 19.7. The zero-order chi connectivity index (χ0) is 31.0. The molecule has 3 aliphatic rings. The highest BCUT2D eigenvalue weighted by atomic mass is 35.5. The van der Waals surface area contributed by atoms with Gasteiger partial charge in [-0.3, -0.25) is 19.3 Å². The molecule has 2 aromatic carbocycles. The van der Waals surface area contributed by atoms with E-state index in [1.54, 1.807) is 46.4 Å². The number of rotatable bonds is 5. The Morgan fingerprint density at radius 2 is 1.76 bits per heavy atom. The standard InChI is InChI=1S/C29H30Cl2N4O7/c1-34(2)18-10-13(11-5-6-16(30)17(31)9-11)25(42-33)20-14(18)7-12-8-15-22(35(3)4)24(37)21(28(32)40)27(39)29(15,41)26(38)19(12)23(20)36/h5-6,9-10,12,15,22,37-38,41H,7-8,33H2,1-4H3,(H2,32,40)/t12-,15-,22-,29-/m0/s1. The third-order valence-electron chi connectivity index (χ3n) is 8.51. The van der Waals surface area contributed by atoms with Crippen LogP contribution in [0.5, 0.6) is 5.75 Å². The predicted octanol–water partition coefficient (Wildman–Crippen LogP) is 2.71. The van der Waals surface area contributed by atoms with Gasteiger partial charge >= 0.3 is 0 Å². The largest absolute Gasteiger partial charge is 0.510 e. The molecule has 7 N–H and O–H groups in total. The van der Waals surface area contributed by atoms with Crippen LogP contribution in [0.2, 0.25) is 10.0 Å². The second-order valence-corrected chi connectivity index (χ2v) is 12.0. The molecular weight excluding hydrogens is 587 g/mol. The van der Waals surface area contributed by atoms with Gasteiger partial charge in [-0.05, 0) is 62.2 Å². The summed E-state index contributed by atoms with van der Waals surface area (Å²) in [5.74, 6) is -0.738. The van der Waals surface area contributed by atoms with E-state index in [-0.39, 0.29) is 34.8 Å². The molecular formula is C29H30Cl2N4O7. The molecule has 4 atom stereocenters. The van der Waals surface area contributed by atoms with Gasteiger partial charge in [0.05, 0.1) is 21.7 Å². The lowest BCUT2D eigenvalue weighted by Crippen LogP contribution is -2.63. The average Bonchev–Trinajstić information content (AvgIpc) is 2.91. The summed E-state index contributed by atoms with van der Waals surface area (Å²) in [5, 5.41) is 35.0. The molecule has 0 spiro atoms. The van der Waals surface area contributed by atoms with E-state index < -0.39 is 58.0 Å². The number of anilines is 1. The molecule has 2 aromatic rings. The van der Waals surface area contributed by atoms with Crippen LogP contribution in [0.15, 0.2) is 46.9 Å². The number of ketones is 2. The van der Waals surface area contributed by atoms with Gasteiger partial charge in [-0.25, -0.2) is 0 Å². The van der Waals surface area contributed by atoms with Gasteiger partial charge in [0.25, 0.3) is 5.91 Å². The highest BCUT2D eigenvalue weighted by molar-refractivity contribution is 6.42. The number of halogens is 2. The number of aliphatic hydroxyl groups excluding tert-OH is 2. The summed E-state index contributed by atoms with van der Waals surface area (Å²) >= 11 is 12.4. The van der Waals surface area contributed by atoms with E-state index in [0.717, 1.165) is 0 Å². The van der Waals surface area contributed by atoms with Crippen molar-refractivity contribution in [2.24, 2.45) is 23.5 Å². The van der Waals surface area contributed by atoms with Crippen molar-refractivity contribution >= 4 is 46.4 Å². The van der Waals surface area contributed by atoms with E-state index in [1.165, 1.54) is 4.90 Å². The zero-order valence-electron chi connectivity index (χ0n) is 23.2. The highest BCUT2D eigenvalue weighted by Crippen LogP contribution is 2.54. The molecule has 0 radical (unpaired) electrons. The van der Waals surface area contributed by atoms with Crippen LogP contribution in [0.1, 0.15) is 22.3 Å². The maximum absolute atomic E-state index is 14.3. The minimum atomic E-state index is -2.69. The monoisotopic (exact) mass is 616 g/mol. The van der Waals surface area contributed by atoms with Gasteiger partial charge in [-0.1, -0.05) is 29.3 Å². The van der Waals surface area contributed by atoms with E-state index in [9.17, 15) is 29.7 Å². The Kier molecular flexibility index (Phi) is 7.31. The van der Waals surface area contributed by atoms with Gasteiger partial charge in [0.2, 0.25) is 5.78 Å². The summed E-state index contributed by atoms with van der Waals surface area (Å²) in [6.07, 6.45) is 0.228. The number of aliphatic hydroxyl groups is 3. The number of allylic oxidation sites excluding steroid dienone is 1. The minimum absolute atomic E-state index is 0.00311. The third-order valence-corrected chi connectivity index (χ3v) is 9.25. The van der Waals surface area contributed by atoms with Crippen molar-refractivity contribution in [3.63, 3.8) is 0 Å². The second kappa shape index (κ2) is 10.3. The molecule has 42 heavy (non-hydrogen) atoms. The second-order valence-electron chi connectivity index (χ2n) is 11.2. The van der Waals surface area contributed by atoms with Crippen molar-refractivity contribution in [2.45, 2.75) is 24.5 Å². The predicted molar refractivity (Wildman–Crippen MR) is 157 cm³/mol. The number of likely N-dealkylation sites (N-methyl/N-ethyl adjacent to an activating group) is 1. The SMILES string of the molecule is CN(C)c1cc(-c2ccc(Cl)c(Cl)c2)c(ON)c2c1C[C@H]1C[C@H]3[C@H](N(C)C)C(O)=C(C(N)=O)C(=O)[C@@]3(O)C(O)=C1C2=O. The fraction of sp³-hybridized carbons (Fsp3) is 0.345. The molecule has 3 aliphatic carbocycles. The molecule has 0 aliphatic heterocycles. The Hall–Kier alpha value is -3.61. The molecule has 11 nitrogen and oxygen atoms in total. The van der Waals surface area contributed by atoms with Crippen LogP contribution < -0.4 is 21.4 Å². The van der Waals surface area contributed by atoms with Gasteiger partial charge in [0, 0.05) is 36.8 Å². The summed E-state index contributed by atoms with van der Waals surface area (Å²) in [5.41, 5.74) is 3.95. The van der Waals surface area contributed by atoms with Crippen molar-refractivity contribution < 1.29 is 34.5 Å². The quantitative estimate of drug-likeness (QED) is 0.247. The molecule has 0 heterocycles. The van der Waals surface area contributed by atoms with Crippen LogP contribution >= 0.6 is 23.2 Å². The number of benzene rings is 2. The van der Waals surface area contributed by atoms with E-state index in [4.69, 9.17) is 39.7 Å². The first-order valence-electron chi connectivity index (χ1n) is 13.0. The van der Waals surface area contributed by atoms with Crippen LogP contribution in [0.4, 0.5) is 5.69 Å². The highest BCUT2D eigenvalue weighted by Gasteiger charge is 2.63. The number of fused-ring (bicyclic) bond motifs is 3. The Morgan fingerprint density at radius 1 is 1.10 bits per heavy atom. The van der Waals surface area contributed by atoms with Gasteiger partial charge in [-0.15, -0.1) is 0 Å². The van der Waals surface area contributed by atoms with E-state index in [2.05, 4.69) is 0 Å². The molecule has 0 saturated heterocycles. The first kappa shape index (κ1) is 29.9. The minimum Gasteiger partial charge on any atom is -0.510 e. The topological polar surface area (TPSA) is 180 Å². The molecule has 0 fully saturated rings. The maximum atomic E-state index is 14.3. The summed E-state index contributed by atoms with van der Waals surface area (Å²) < 4.78 is 0. The normalized spacial score (nSPS) is 25.3. The van der Waals surface area contributed by atoms with Crippen molar-refractivity contribution in [2.75, 3.05) is 33.1 Å². The van der Waals surface area contributed by atoms with Crippen LogP contribution in [-0.2, 0) is 16.0 Å². The zero-order valence-corrected chi connectivity index (χ0v) is 24.7. The van der Waals surface area contributed by atoms with Crippen LogP contribution in [0.3, 0.4) is 0 Å². The third kappa shape index (κ3) is 4.10. The molecule has 222 valence electrons. The molecule has 1 amide bonds. The van der Waals surface area contributed by atoms with Gasteiger partial charge in [-0.2, -0.15) is 5.90 Å². The molecule has 0 unspecified atom stereocenters. The van der Waals surface area contributed by atoms with E-state index >= 15 is 0 Å². The van der Waals surface area contributed by atoms with Gasteiger partial charge < -0.3 is 30.8 Å². The van der Waals surface area contributed by atoms with Gasteiger partial charge in [0.1, 0.15) is 17.1 Å². The summed E-state index contributed by atoms with van der Waals surface area (Å²) in [6.45, 7) is 0. The molecule has 0 saturated carbocycles. The number of amides is 1. The van der Waals surface area contributed by atoms with Crippen LogP contribution in [-0.4, -0.2) is 77.5 Å². The Balaban J connectivity index is 1.78. The lowest BCUT2D eigenvalue weighted by Gasteiger charge is -2.50. The number of hydrogen-bond donors (Lipinski definition) is 5. The molecule has 0 bridgehead atoms. The number of nitrogens with zero attached hydrogens (tertiary/aromatic N) is 2. The van der Waals surface area contributed by atoms with Crippen LogP contribution in [0.25, 0.3) is 11.1 Å². The summed E-state index contributed by atoms with van der Waals surface area (Å²) in [4.78, 5) is 48.7. The smallest absolute Gasteiger partial charge is 0.255 e. The number of hydrogen-bond acceptors (Lipinski definition) is 10. The number of nitrogens with two attached hydrogens (primary N) is 2. The first-order valence-corrected chi connectivity index (χ1v) is 13.8. The van der Waals surface area contributed by atoms with E-state index in [1.807, 2.05) is 11.0 Å². The van der Waals surface area contributed by atoms with Crippen molar-refractivity contribution in [1.29, 1.82) is 0 Å². The fourth-order valence-electron chi connectivity index (χ4n) is 6.69. The van der Waals surface area contributed by atoms with Crippen LogP contribution in [0, 0.1) is 11.8 Å². The lowest BCUT2D eigenvalue weighted by molar-refractivity contribution is -0.148. The summed E-state index contributed by atoms with van der Waals surface area (Å²) in [7, 11) is 6.79. The van der Waals surface area contributed by atoms with Crippen molar-refractivity contribution in [1.82, 2.24) is 4.90 Å². The Bertz CT molecular complexity index is 1630. The van der Waals surface area contributed by atoms with Gasteiger partial charge in [0.15, 0.2) is 17.1 Å². The molecule has 0 aromatic heterocycles. The number of Topliss-reactive ketones (excluding diaryl/α,β-unsaturated/α-hetero) is 2. The summed E-state index contributed by atoms with van der Waals surface area (Å²) in [6, 6.07) is 5.63. The lowest BCUT2D eigenvalue weighted by atomic mass is 9.58. The Morgan fingerprint density at radius 3 is 2.31 bits per heavy atom.